The second-order valence-corrected chi connectivity index (χ2v) is 9.36. The topological polar surface area (TPSA) is 23.5 Å². The lowest BCUT2D eigenvalue weighted by Gasteiger charge is -2.40. The SMILES string of the molecule is OCCC1(CCN2CCC(Cc3cc(F)ccc3Br)CC2)CCCCC1. The zero-order chi connectivity index (χ0) is 18.4. The summed E-state index contributed by atoms with van der Waals surface area (Å²) in [5.41, 5.74) is 1.50. The Morgan fingerprint density at radius 2 is 1.85 bits per heavy atom. The number of aliphatic hydroxyl groups excluding tert-OH is 1. The highest BCUT2D eigenvalue weighted by Crippen LogP contribution is 2.42. The van der Waals surface area contributed by atoms with Gasteiger partial charge in [0.05, 0.1) is 0 Å². The van der Waals surface area contributed by atoms with Crippen LogP contribution in [0.4, 0.5) is 4.39 Å². The standard InChI is InChI=1S/C22H33BrFNO/c23-21-5-4-20(24)17-19(21)16-18-6-12-25(13-7-18)14-10-22(11-15-26)8-2-1-3-9-22/h4-5,17-18,26H,1-3,6-16H2. The van der Waals surface area contributed by atoms with Gasteiger partial charge in [-0.2, -0.15) is 0 Å². The van der Waals surface area contributed by atoms with Crippen molar-refractivity contribution in [2.75, 3.05) is 26.2 Å². The highest BCUT2D eigenvalue weighted by molar-refractivity contribution is 9.10. The zero-order valence-corrected chi connectivity index (χ0v) is 17.4. The predicted molar refractivity (Wildman–Crippen MR) is 109 cm³/mol. The maximum Gasteiger partial charge on any atom is 0.123 e. The van der Waals surface area contributed by atoms with Gasteiger partial charge in [0.25, 0.3) is 0 Å². The summed E-state index contributed by atoms with van der Waals surface area (Å²) in [6.45, 7) is 3.83. The van der Waals surface area contributed by atoms with Gasteiger partial charge in [-0.05, 0) is 99.7 Å². The maximum absolute atomic E-state index is 13.5. The van der Waals surface area contributed by atoms with Crippen molar-refractivity contribution in [3.05, 3.63) is 34.1 Å². The molecule has 26 heavy (non-hydrogen) atoms. The Bertz CT molecular complexity index is 560. The summed E-state index contributed by atoms with van der Waals surface area (Å²) in [6, 6.07) is 5.02. The smallest absolute Gasteiger partial charge is 0.123 e. The summed E-state index contributed by atoms with van der Waals surface area (Å²) >= 11 is 3.56. The highest BCUT2D eigenvalue weighted by atomic mass is 79.9. The van der Waals surface area contributed by atoms with E-state index in [0.29, 0.717) is 17.9 Å². The van der Waals surface area contributed by atoms with Gasteiger partial charge in [-0.1, -0.05) is 35.2 Å². The fourth-order valence-electron chi connectivity index (χ4n) is 4.98. The van der Waals surface area contributed by atoms with E-state index in [4.69, 9.17) is 0 Å². The molecule has 2 aliphatic rings. The van der Waals surface area contributed by atoms with Crippen molar-refractivity contribution >= 4 is 15.9 Å². The Morgan fingerprint density at radius 1 is 1.12 bits per heavy atom. The van der Waals surface area contributed by atoms with Crippen molar-refractivity contribution in [1.29, 1.82) is 0 Å². The normalized spacial score (nSPS) is 21.8. The van der Waals surface area contributed by atoms with Gasteiger partial charge >= 0.3 is 0 Å². The first-order chi connectivity index (χ1) is 12.6. The molecule has 1 saturated carbocycles. The third-order valence-corrected chi connectivity index (χ3v) is 7.51. The molecule has 1 aromatic rings. The second-order valence-electron chi connectivity index (χ2n) is 8.51. The van der Waals surface area contributed by atoms with Crippen LogP contribution in [0.15, 0.2) is 22.7 Å². The van der Waals surface area contributed by atoms with E-state index in [2.05, 4.69) is 20.8 Å². The quantitative estimate of drug-likeness (QED) is 0.617. The average Bonchev–Trinajstić information content (AvgIpc) is 2.65. The third kappa shape index (κ3) is 5.53. The minimum atomic E-state index is -0.137. The molecule has 1 aromatic carbocycles. The number of likely N-dealkylation sites (tertiary alicyclic amines) is 1. The lowest BCUT2D eigenvalue weighted by molar-refractivity contribution is 0.0894. The highest BCUT2D eigenvalue weighted by Gasteiger charge is 2.32. The van der Waals surface area contributed by atoms with E-state index in [-0.39, 0.29) is 5.82 Å². The van der Waals surface area contributed by atoms with Crippen molar-refractivity contribution in [1.82, 2.24) is 4.90 Å². The van der Waals surface area contributed by atoms with E-state index in [1.807, 2.05) is 6.07 Å². The molecule has 3 rings (SSSR count). The minimum absolute atomic E-state index is 0.137. The average molecular weight is 426 g/mol. The number of benzene rings is 1. The van der Waals surface area contributed by atoms with Crippen molar-refractivity contribution in [2.45, 2.75) is 64.2 Å². The van der Waals surface area contributed by atoms with E-state index in [9.17, 15) is 9.50 Å². The van der Waals surface area contributed by atoms with Crippen molar-refractivity contribution < 1.29 is 9.50 Å². The number of hydrogen-bond acceptors (Lipinski definition) is 2. The molecule has 4 heteroatoms. The molecule has 146 valence electrons. The number of hydrogen-bond donors (Lipinski definition) is 1. The van der Waals surface area contributed by atoms with E-state index < -0.39 is 0 Å². The summed E-state index contributed by atoms with van der Waals surface area (Å²) < 4.78 is 14.5. The van der Waals surface area contributed by atoms with E-state index >= 15 is 0 Å². The van der Waals surface area contributed by atoms with Gasteiger partial charge in [-0.15, -0.1) is 0 Å². The summed E-state index contributed by atoms with van der Waals surface area (Å²) in [7, 11) is 0. The fourth-order valence-corrected chi connectivity index (χ4v) is 5.39. The van der Waals surface area contributed by atoms with Gasteiger partial charge in [0.2, 0.25) is 0 Å². The van der Waals surface area contributed by atoms with Crippen LogP contribution >= 0.6 is 15.9 Å². The predicted octanol–water partition coefficient (Wildman–Crippen LogP) is 5.57. The summed E-state index contributed by atoms with van der Waals surface area (Å²) in [6.07, 6.45) is 12.3. The lowest BCUT2D eigenvalue weighted by Crippen LogP contribution is -2.38. The third-order valence-electron chi connectivity index (χ3n) is 6.74. The molecule has 1 aliphatic carbocycles. The van der Waals surface area contributed by atoms with Crippen LogP contribution in [-0.4, -0.2) is 36.2 Å². The van der Waals surface area contributed by atoms with Crippen LogP contribution < -0.4 is 0 Å². The number of piperidine rings is 1. The van der Waals surface area contributed by atoms with Gasteiger partial charge in [-0.3, -0.25) is 0 Å². The second kappa shape index (κ2) is 9.66. The number of aliphatic hydroxyl groups is 1. The molecule has 1 N–H and O–H groups in total. The largest absolute Gasteiger partial charge is 0.396 e. The molecule has 0 radical (unpaired) electrons. The Balaban J connectivity index is 1.45. The first kappa shape index (κ1) is 20.3. The van der Waals surface area contributed by atoms with Crippen LogP contribution in [0.3, 0.4) is 0 Å². The first-order valence-electron chi connectivity index (χ1n) is 10.4. The van der Waals surface area contributed by atoms with Gasteiger partial charge in [0.1, 0.15) is 5.82 Å². The molecule has 2 nitrogen and oxygen atoms in total. The zero-order valence-electron chi connectivity index (χ0n) is 15.9. The molecule has 2 fully saturated rings. The van der Waals surface area contributed by atoms with Crippen LogP contribution in [0, 0.1) is 17.2 Å². The van der Waals surface area contributed by atoms with Gasteiger partial charge in [0, 0.05) is 11.1 Å². The lowest BCUT2D eigenvalue weighted by atomic mass is 9.69. The Hall–Kier alpha value is -0.450. The monoisotopic (exact) mass is 425 g/mol. The van der Waals surface area contributed by atoms with E-state index in [1.165, 1.54) is 64.0 Å². The molecule has 1 aliphatic heterocycles. The summed E-state index contributed by atoms with van der Waals surface area (Å²) in [5.74, 6) is 0.521. The molecule has 0 unspecified atom stereocenters. The van der Waals surface area contributed by atoms with Gasteiger partial charge < -0.3 is 10.0 Å². The maximum atomic E-state index is 13.5. The van der Waals surface area contributed by atoms with Crippen LogP contribution in [0.2, 0.25) is 0 Å². The molecule has 1 saturated heterocycles. The van der Waals surface area contributed by atoms with Crippen molar-refractivity contribution in [3.63, 3.8) is 0 Å². The first-order valence-corrected chi connectivity index (χ1v) is 11.2. The Kier molecular flexibility index (Phi) is 7.54. The van der Waals surface area contributed by atoms with Crippen LogP contribution in [0.5, 0.6) is 0 Å². The molecular formula is C22H33BrFNO. The van der Waals surface area contributed by atoms with Gasteiger partial charge in [0.15, 0.2) is 0 Å². The Morgan fingerprint density at radius 3 is 2.54 bits per heavy atom. The molecule has 0 atom stereocenters. The van der Waals surface area contributed by atoms with Crippen molar-refractivity contribution in [3.8, 4) is 0 Å². The number of nitrogens with zero attached hydrogens (tertiary/aromatic N) is 1. The Labute approximate surface area is 166 Å². The van der Waals surface area contributed by atoms with Crippen molar-refractivity contribution in [2.24, 2.45) is 11.3 Å². The van der Waals surface area contributed by atoms with E-state index in [0.717, 1.165) is 36.0 Å². The molecular weight excluding hydrogens is 393 g/mol. The minimum Gasteiger partial charge on any atom is -0.396 e. The summed E-state index contributed by atoms with van der Waals surface area (Å²) in [4.78, 5) is 2.62. The van der Waals surface area contributed by atoms with Gasteiger partial charge in [-0.25, -0.2) is 4.39 Å². The number of halogens is 2. The molecule has 1 heterocycles. The number of rotatable bonds is 7. The molecule has 0 bridgehead atoms. The van der Waals surface area contributed by atoms with Crippen LogP contribution in [0.25, 0.3) is 0 Å². The molecule has 0 aromatic heterocycles. The van der Waals surface area contributed by atoms with E-state index in [1.54, 1.807) is 6.07 Å². The van der Waals surface area contributed by atoms with Crippen LogP contribution in [-0.2, 0) is 6.42 Å². The van der Waals surface area contributed by atoms with Crippen LogP contribution in [0.1, 0.15) is 63.4 Å². The molecule has 0 spiro atoms. The molecule has 0 amide bonds. The fraction of sp³-hybridized carbons (Fsp3) is 0.727. The summed E-state index contributed by atoms with van der Waals surface area (Å²) in [5, 5.41) is 9.49.